The van der Waals surface area contributed by atoms with Crippen LogP contribution in [0.2, 0.25) is 0 Å². The number of nitrogens with one attached hydrogen (secondary N) is 1. The number of nitrogens with two attached hydrogens (primary N) is 1. The first-order valence-corrected chi connectivity index (χ1v) is 8.34. The third kappa shape index (κ3) is 6.47. The van der Waals surface area contributed by atoms with Gasteiger partial charge in [0.1, 0.15) is 5.75 Å². The predicted octanol–water partition coefficient (Wildman–Crippen LogP) is 2.63. The van der Waals surface area contributed by atoms with Crippen LogP contribution >= 0.6 is 0 Å². The minimum Gasteiger partial charge on any atom is -0.493 e. The lowest BCUT2D eigenvalue weighted by atomic mass is 10.2. The number of nitrogen functional groups attached to an aromatic ring is 1. The molecule has 0 aliphatic heterocycles. The number of benzene rings is 1. The molecule has 108 valence electrons. The summed E-state index contributed by atoms with van der Waals surface area (Å²) in [6.45, 7) is 4.83. The zero-order chi connectivity index (χ0) is 14.3. The minimum atomic E-state index is -0.747. The van der Waals surface area contributed by atoms with E-state index in [0.29, 0.717) is 18.0 Å². The maximum absolute atomic E-state index is 11.1. The van der Waals surface area contributed by atoms with Gasteiger partial charge in [0.05, 0.1) is 6.61 Å². The van der Waals surface area contributed by atoms with Gasteiger partial charge in [-0.3, -0.25) is 4.21 Å². The lowest BCUT2D eigenvalue weighted by molar-refractivity contribution is 0.318. The highest BCUT2D eigenvalue weighted by atomic mass is 32.2. The van der Waals surface area contributed by atoms with Crippen molar-refractivity contribution in [3.05, 3.63) is 18.2 Å². The fraction of sp³-hybridized carbons (Fsp3) is 0.571. The van der Waals surface area contributed by atoms with E-state index < -0.39 is 10.8 Å². The molecule has 5 heteroatoms. The highest BCUT2D eigenvalue weighted by molar-refractivity contribution is 7.84. The van der Waals surface area contributed by atoms with E-state index in [1.54, 1.807) is 6.26 Å². The monoisotopic (exact) mass is 284 g/mol. The van der Waals surface area contributed by atoms with Crippen LogP contribution in [-0.2, 0) is 10.8 Å². The molecule has 0 amide bonds. The van der Waals surface area contributed by atoms with Crippen LogP contribution in [0.4, 0.5) is 11.4 Å². The number of hydrogen-bond donors (Lipinski definition) is 2. The van der Waals surface area contributed by atoms with Gasteiger partial charge in [-0.1, -0.05) is 6.92 Å². The van der Waals surface area contributed by atoms with Gasteiger partial charge in [0.25, 0.3) is 0 Å². The second kappa shape index (κ2) is 8.04. The maximum atomic E-state index is 11.1. The van der Waals surface area contributed by atoms with Gasteiger partial charge in [0.15, 0.2) is 0 Å². The van der Waals surface area contributed by atoms with E-state index in [0.717, 1.165) is 24.3 Å². The van der Waals surface area contributed by atoms with Gasteiger partial charge in [-0.2, -0.15) is 0 Å². The molecule has 0 spiro atoms. The molecule has 1 aromatic rings. The van der Waals surface area contributed by atoms with Gasteiger partial charge in [-0.25, -0.2) is 0 Å². The summed E-state index contributed by atoms with van der Waals surface area (Å²) >= 11 is 0. The largest absolute Gasteiger partial charge is 0.493 e. The Hall–Kier alpha value is -1.23. The maximum Gasteiger partial charge on any atom is 0.123 e. The Morgan fingerprint density at radius 1 is 1.42 bits per heavy atom. The van der Waals surface area contributed by atoms with E-state index in [2.05, 4.69) is 19.2 Å². The van der Waals surface area contributed by atoms with Crippen LogP contribution in [0, 0.1) is 0 Å². The van der Waals surface area contributed by atoms with Crippen molar-refractivity contribution in [3.8, 4) is 5.75 Å². The van der Waals surface area contributed by atoms with Crippen molar-refractivity contribution in [1.29, 1.82) is 0 Å². The van der Waals surface area contributed by atoms with Gasteiger partial charge in [0, 0.05) is 52.4 Å². The van der Waals surface area contributed by atoms with Gasteiger partial charge in [0.2, 0.25) is 0 Å². The molecule has 3 N–H and O–H groups in total. The first kappa shape index (κ1) is 15.8. The third-order valence-electron chi connectivity index (χ3n) is 2.65. The van der Waals surface area contributed by atoms with Gasteiger partial charge in [-0.15, -0.1) is 0 Å². The summed E-state index contributed by atoms with van der Waals surface area (Å²) < 4.78 is 16.7. The highest BCUT2D eigenvalue weighted by Crippen LogP contribution is 2.23. The van der Waals surface area contributed by atoms with E-state index in [9.17, 15) is 4.21 Å². The number of ether oxygens (including phenoxy) is 1. The molecular formula is C14H24N2O2S. The van der Waals surface area contributed by atoms with Crippen molar-refractivity contribution in [2.75, 3.05) is 29.7 Å². The van der Waals surface area contributed by atoms with Crippen LogP contribution in [0.3, 0.4) is 0 Å². The summed E-state index contributed by atoms with van der Waals surface area (Å²) in [4.78, 5) is 0. The Morgan fingerprint density at radius 3 is 2.79 bits per heavy atom. The SMILES string of the molecule is CCCOc1cc(N)cc(NC(C)CCS(C)=O)c1. The Labute approximate surface area is 118 Å². The second-order valence-corrected chi connectivity index (χ2v) is 6.31. The van der Waals surface area contributed by atoms with E-state index in [-0.39, 0.29) is 6.04 Å². The zero-order valence-corrected chi connectivity index (χ0v) is 12.8. The molecule has 2 atom stereocenters. The van der Waals surface area contributed by atoms with Crippen molar-refractivity contribution >= 4 is 22.2 Å². The van der Waals surface area contributed by atoms with Crippen LogP contribution < -0.4 is 15.8 Å². The molecule has 4 nitrogen and oxygen atoms in total. The predicted molar refractivity (Wildman–Crippen MR) is 83.3 cm³/mol. The normalized spacial score (nSPS) is 13.8. The van der Waals surface area contributed by atoms with Crippen LogP contribution in [0.25, 0.3) is 0 Å². The summed E-state index contributed by atoms with van der Waals surface area (Å²) in [6, 6.07) is 5.92. The minimum absolute atomic E-state index is 0.254. The van der Waals surface area contributed by atoms with E-state index in [1.807, 2.05) is 18.2 Å². The molecule has 2 unspecified atom stereocenters. The van der Waals surface area contributed by atoms with Crippen LogP contribution in [0.1, 0.15) is 26.7 Å². The quantitative estimate of drug-likeness (QED) is 0.720. The molecule has 0 aliphatic rings. The average molecular weight is 284 g/mol. The molecule has 0 heterocycles. The lowest BCUT2D eigenvalue weighted by Crippen LogP contribution is -2.18. The molecule has 0 saturated carbocycles. The Kier molecular flexibility index (Phi) is 6.70. The highest BCUT2D eigenvalue weighted by Gasteiger charge is 2.05. The molecule has 0 aromatic heterocycles. The van der Waals surface area contributed by atoms with E-state index in [1.165, 1.54) is 0 Å². The van der Waals surface area contributed by atoms with Crippen molar-refractivity contribution in [3.63, 3.8) is 0 Å². The Bertz CT molecular complexity index is 424. The fourth-order valence-corrected chi connectivity index (χ4v) is 2.39. The summed E-state index contributed by atoms with van der Waals surface area (Å²) in [6.07, 6.45) is 3.56. The zero-order valence-electron chi connectivity index (χ0n) is 11.9. The Balaban J connectivity index is 2.61. The summed E-state index contributed by atoms with van der Waals surface area (Å²) in [7, 11) is -0.747. The topological polar surface area (TPSA) is 64.3 Å². The number of anilines is 2. The first-order chi connectivity index (χ1) is 9.01. The van der Waals surface area contributed by atoms with Crippen molar-refractivity contribution < 1.29 is 8.95 Å². The fourth-order valence-electron chi connectivity index (χ4n) is 1.71. The molecule has 1 aromatic carbocycles. The lowest BCUT2D eigenvalue weighted by Gasteiger charge is -2.16. The summed E-state index contributed by atoms with van der Waals surface area (Å²) in [5.41, 5.74) is 7.49. The first-order valence-electron chi connectivity index (χ1n) is 6.61. The van der Waals surface area contributed by atoms with Gasteiger partial charge >= 0.3 is 0 Å². The summed E-state index contributed by atoms with van der Waals surface area (Å²) in [5.74, 6) is 1.49. The summed E-state index contributed by atoms with van der Waals surface area (Å²) in [5, 5.41) is 3.36. The van der Waals surface area contributed by atoms with E-state index in [4.69, 9.17) is 10.5 Å². The third-order valence-corrected chi connectivity index (χ3v) is 3.46. The van der Waals surface area contributed by atoms with Crippen LogP contribution in [0.5, 0.6) is 5.75 Å². The van der Waals surface area contributed by atoms with Crippen molar-refractivity contribution in [2.45, 2.75) is 32.7 Å². The molecular weight excluding hydrogens is 260 g/mol. The van der Waals surface area contributed by atoms with E-state index >= 15 is 0 Å². The molecule has 19 heavy (non-hydrogen) atoms. The standard InChI is InChI=1S/C14H24N2O2S/c1-4-6-18-14-9-12(15)8-13(10-14)16-11(2)5-7-19(3)17/h8-11,16H,4-7,15H2,1-3H3. The van der Waals surface area contributed by atoms with Crippen LogP contribution in [0.15, 0.2) is 18.2 Å². The molecule has 0 radical (unpaired) electrons. The molecule has 0 aliphatic carbocycles. The number of hydrogen-bond acceptors (Lipinski definition) is 4. The molecule has 0 saturated heterocycles. The molecule has 1 rings (SSSR count). The average Bonchev–Trinajstić information content (AvgIpc) is 2.33. The Morgan fingerprint density at radius 2 is 2.16 bits per heavy atom. The van der Waals surface area contributed by atoms with Crippen LogP contribution in [-0.4, -0.2) is 28.9 Å². The van der Waals surface area contributed by atoms with Gasteiger partial charge in [-0.05, 0) is 25.8 Å². The number of rotatable bonds is 8. The molecule has 0 bridgehead atoms. The second-order valence-electron chi connectivity index (χ2n) is 4.75. The molecule has 0 fully saturated rings. The van der Waals surface area contributed by atoms with Crippen molar-refractivity contribution in [2.24, 2.45) is 0 Å². The smallest absolute Gasteiger partial charge is 0.123 e. The van der Waals surface area contributed by atoms with Gasteiger partial charge < -0.3 is 15.8 Å². The van der Waals surface area contributed by atoms with Crippen molar-refractivity contribution in [1.82, 2.24) is 0 Å².